The smallest absolute Gasteiger partial charge is 0.0565 e. The third-order valence-corrected chi connectivity index (χ3v) is 2.60. The molecule has 0 bridgehead atoms. The van der Waals surface area contributed by atoms with Crippen molar-refractivity contribution < 1.29 is 5.11 Å². The Labute approximate surface area is 77.2 Å². The van der Waals surface area contributed by atoms with Gasteiger partial charge in [-0.2, -0.15) is 0 Å². The van der Waals surface area contributed by atoms with Gasteiger partial charge in [0.2, 0.25) is 0 Å². The average molecular weight is 172 g/mol. The molecule has 1 N–H and O–H groups in total. The summed E-state index contributed by atoms with van der Waals surface area (Å²) < 4.78 is 0. The molecule has 0 heterocycles. The summed E-state index contributed by atoms with van der Waals surface area (Å²) in [6, 6.07) is 0. The fraction of sp³-hybridized carbons (Fsp3) is 1.00. The predicted octanol–water partition coefficient (Wildman–Crippen LogP) is 3.22. The fourth-order valence-corrected chi connectivity index (χ4v) is 1.55. The Morgan fingerprint density at radius 3 is 1.92 bits per heavy atom. The van der Waals surface area contributed by atoms with Crippen molar-refractivity contribution >= 4 is 0 Å². The van der Waals surface area contributed by atoms with Crippen LogP contribution >= 0.6 is 0 Å². The Kier molecular flexibility index (Phi) is 6.45. The van der Waals surface area contributed by atoms with Crippen LogP contribution in [0.4, 0.5) is 0 Å². The van der Waals surface area contributed by atoms with E-state index in [9.17, 15) is 5.11 Å². The molecule has 0 aliphatic heterocycles. The van der Waals surface area contributed by atoms with Gasteiger partial charge in [0.05, 0.1) is 6.10 Å². The van der Waals surface area contributed by atoms with Crippen LogP contribution in [0.2, 0.25) is 0 Å². The highest BCUT2D eigenvalue weighted by atomic mass is 16.3. The van der Waals surface area contributed by atoms with Gasteiger partial charge in [-0.15, -0.1) is 0 Å². The van der Waals surface area contributed by atoms with E-state index in [1.54, 1.807) is 0 Å². The van der Waals surface area contributed by atoms with E-state index < -0.39 is 0 Å². The molecule has 1 nitrogen and oxygen atoms in total. The van der Waals surface area contributed by atoms with Gasteiger partial charge in [-0.3, -0.25) is 0 Å². The van der Waals surface area contributed by atoms with Gasteiger partial charge in [-0.1, -0.05) is 40.5 Å². The zero-order valence-corrected chi connectivity index (χ0v) is 9.01. The number of aliphatic hydroxyl groups excluding tert-OH is 1. The lowest BCUT2D eigenvalue weighted by atomic mass is 9.90. The van der Waals surface area contributed by atoms with E-state index in [0.717, 1.165) is 18.8 Å². The van der Waals surface area contributed by atoms with Crippen molar-refractivity contribution in [2.45, 2.75) is 59.5 Å². The standard InChI is InChI=1S/C11H24O/c1-5-10(11(12)6-2)8-7-9(3)4/h9-12H,5-8H2,1-4H3. The minimum absolute atomic E-state index is 0.0752. The highest BCUT2D eigenvalue weighted by Crippen LogP contribution is 2.20. The second-order valence-corrected chi connectivity index (χ2v) is 4.12. The zero-order valence-electron chi connectivity index (χ0n) is 9.01. The molecule has 0 fully saturated rings. The Morgan fingerprint density at radius 1 is 1.00 bits per heavy atom. The molecule has 0 radical (unpaired) electrons. The summed E-state index contributed by atoms with van der Waals surface area (Å²) in [6.07, 6.45) is 4.37. The molecule has 0 aromatic heterocycles. The summed E-state index contributed by atoms with van der Waals surface area (Å²) in [4.78, 5) is 0. The number of hydrogen-bond donors (Lipinski definition) is 1. The van der Waals surface area contributed by atoms with Gasteiger partial charge in [-0.05, 0) is 24.7 Å². The molecule has 2 atom stereocenters. The molecule has 1 heteroatoms. The van der Waals surface area contributed by atoms with Crippen molar-refractivity contribution in [2.75, 3.05) is 0 Å². The summed E-state index contributed by atoms with van der Waals surface area (Å²) >= 11 is 0. The van der Waals surface area contributed by atoms with Crippen LogP contribution in [-0.4, -0.2) is 11.2 Å². The van der Waals surface area contributed by atoms with E-state index in [4.69, 9.17) is 0 Å². The van der Waals surface area contributed by atoms with Crippen LogP contribution in [0.15, 0.2) is 0 Å². The molecule has 2 unspecified atom stereocenters. The molecule has 0 spiro atoms. The molecule has 0 aliphatic rings. The second kappa shape index (κ2) is 6.47. The van der Waals surface area contributed by atoms with Gasteiger partial charge in [0.1, 0.15) is 0 Å². The molecule has 0 saturated carbocycles. The maximum absolute atomic E-state index is 9.63. The SMILES string of the molecule is CCC(O)C(CC)CCC(C)C. The molecule has 0 amide bonds. The third-order valence-electron chi connectivity index (χ3n) is 2.60. The van der Waals surface area contributed by atoms with Gasteiger partial charge in [-0.25, -0.2) is 0 Å². The molecular weight excluding hydrogens is 148 g/mol. The van der Waals surface area contributed by atoms with Crippen molar-refractivity contribution in [3.8, 4) is 0 Å². The minimum atomic E-state index is -0.0752. The molecule has 0 rings (SSSR count). The molecule has 74 valence electrons. The first-order valence-corrected chi connectivity index (χ1v) is 5.29. The van der Waals surface area contributed by atoms with Gasteiger partial charge >= 0.3 is 0 Å². The first kappa shape index (κ1) is 12.0. The van der Waals surface area contributed by atoms with Crippen molar-refractivity contribution in [3.63, 3.8) is 0 Å². The molecule has 0 aromatic rings. The van der Waals surface area contributed by atoms with Crippen molar-refractivity contribution in [1.29, 1.82) is 0 Å². The van der Waals surface area contributed by atoms with E-state index >= 15 is 0 Å². The quantitative estimate of drug-likeness (QED) is 0.652. The fourth-order valence-electron chi connectivity index (χ4n) is 1.55. The molecule has 12 heavy (non-hydrogen) atoms. The van der Waals surface area contributed by atoms with E-state index in [2.05, 4.69) is 27.7 Å². The lowest BCUT2D eigenvalue weighted by Gasteiger charge is -2.20. The van der Waals surface area contributed by atoms with E-state index in [0.29, 0.717) is 5.92 Å². The Balaban J connectivity index is 3.67. The van der Waals surface area contributed by atoms with Gasteiger partial charge in [0.25, 0.3) is 0 Å². The van der Waals surface area contributed by atoms with E-state index in [1.165, 1.54) is 12.8 Å². The summed E-state index contributed by atoms with van der Waals surface area (Å²) in [5.41, 5.74) is 0. The molecule has 0 aromatic carbocycles. The molecule has 0 saturated heterocycles. The van der Waals surface area contributed by atoms with Crippen molar-refractivity contribution in [3.05, 3.63) is 0 Å². The second-order valence-electron chi connectivity index (χ2n) is 4.12. The first-order chi connectivity index (χ1) is 5.61. The normalized spacial score (nSPS) is 16.5. The van der Waals surface area contributed by atoms with Crippen LogP contribution in [0.3, 0.4) is 0 Å². The van der Waals surface area contributed by atoms with Crippen LogP contribution < -0.4 is 0 Å². The van der Waals surface area contributed by atoms with Gasteiger partial charge < -0.3 is 5.11 Å². The summed E-state index contributed by atoms with van der Waals surface area (Å²) in [5, 5.41) is 9.63. The van der Waals surface area contributed by atoms with Gasteiger partial charge in [0, 0.05) is 0 Å². The summed E-state index contributed by atoms with van der Waals surface area (Å²) in [5.74, 6) is 1.29. The number of aliphatic hydroxyl groups is 1. The summed E-state index contributed by atoms with van der Waals surface area (Å²) in [6.45, 7) is 8.71. The molecular formula is C11H24O. The summed E-state index contributed by atoms with van der Waals surface area (Å²) in [7, 11) is 0. The first-order valence-electron chi connectivity index (χ1n) is 5.29. The topological polar surface area (TPSA) is 20.2 Å². The zero-order chi connectivity index (χ0) is 9.56. The minimum Gasteiger partial charge on any atom is -0.393 e. The van der Waals surface area contributed by atoms with E-state index in [1.807, 2.05) is 0 Å². The van der Waals surface area contributed by atoms with E-state index in [-0.39, 0.29) is 6.10 Å². The largest absolute Gasteiger partial charge is 0.393 e. The van der Waals surface area contributed by atoms with Crippen LogP contribution in [0.25, 0.3) is 0 Å². The van der Waals surface area contributed by atoms with Crippen molar-refractivity contribution in [1.82, 2.24) is 0 Å². The van der Waals surface area contributed by atoms with Crippen molar-refractivity contribution in [2.24, 2.45) is 11.8 Å². The van der Waals surface area contributed by atoms with Gasteiger partial charge in [0.15, 0.2) is 0 Å². The Bertz CT molecular complexity index is 99.2. The predicted molar refractivity (Wildman–Crippen MR) is 54.2 cm³/mol. The molecule has 0 aliphatic carbocycles. The van der Waals surface area contributed by atoms with Crippen LogP contribution in [0.1, 0.15) is 53.4 Å². The number of rotatable bonds is 6. The third kappa shape index (κ3) is 4.76. The van der Waals surface area contributed by atoms with Crippen LogP contribution in [0, 0.1) is 11.8 Å². The maximum Gasteiger partial charge on any atom is 0.0565 e. The highest BCUT2D eigenvalue weighted by molar-refractivity contribution is 4.66. The average Bonchev–Trinajstić information content (AvgIpc) is 2.04. The number of hydrogen-bond acceptors (Lipinski definition) is 1. The lowest BCUT2D eigenvalue weighted by molar-refractivity contribution is 0.0930. The lowest BCUT2D eigenvalue weighted by Crippen LogP contribution is -2.19. The monoisotopic (exact) mass is 172 g/mol. The Morgan fingerprint density at radius 2 is 1.58 bits per heavy atom. The highest BCUT2D eigenvalue weighted by Gasteiger charge is 2.15. The maximum atomic E-state index is 9.63. The Hall–Kier alpha value is -0.0400. The van der Waals surface area contributed by atoms with Crippen LogP contribution in [0.5, 0.6) is 0 Å². The van der Waals surface area contributed by atoms with Crippen LogP contribution in [-0.2, 0) is 0 Å².